The van der Waals surface area contributed by atoms with Crippen LogP contribution in [-0.4, -0.2) is 11.8 Å². The van der Waals surface area contributed by atoms with Gasteiger partial charge in [0, 0.05) is 17.9 Å². The highest BCUT2D eigenvalue weighted by Crippen LogP contribution is 2.31. The third kappa shape index (κ3) is 9.50. The number of benzene rings is 1. The van der Waals surface area contributed by atoms with Gasteiger partial charge in [0.25, 0.3) is 0 Å². The first-order valence-electron chi connectivity index (χ1n) is 10.3. The van der Waals surface area contributed by atoms with Gasteiger partial charge in [-0.3, -0.25) is 9.59 Å². The Bertz CT molecular complexity index is 794. The predicted octanol–water partition coefficient (Wildman–Crippen LogP) is 6.17. The summed E-state index contributed by atoms with van der Waals surface area (Å²) in [5.74, 6) is -1.03. The summed E-state index contributed by atoms with van der Waals surface area (Å²) in [6.07, 6.45) is 10.2. The van der Waals surface area contributed by atoms with E-state index in [1.54, 1.807) is 24.3 Å². The monoisotopic (exact) mass is 414 g/mol. The third-order valence-electron chi connectivity index (χ3n) is 4.24. The molecule has 0 saturated heterocycles. The van der Waals surface area contributed by atoms with Crippen molar-refractivity contribution in [3.8, 4) is 0 Å². The Labute approximate surface area is 180 Å². The third-order valence-corrected chi connectivity index (χ3v) is 4.24. The molecule has 0 saturated carbocycles. The standard InChI is InChI=1S/C21H26FNO.C4H9NO/c1-6-10-15(4)21(24)23-20-18(13-9-14-19(20)22)16(5)17(11-7-2)12-8-3;1-2-3-4(5)6/h7-9,11-15H,2,5-6,10H2,1,3-4H3,(H,23,24);2-3H2,1H3,(H2,5,6)/b12-8-,17-11+;. The minimum Gasteiger partial charge on any atom is -0.370 e. The molecule has 164 valence electrons. The first-order chi connectivity index (χ1) is 14.2. The second-order valence-electron chi connectivity index (χ2n) is 6.89. The van der Waals surface area contributed by atoms with Crippen LogP contribution >= 0.6 is 0 Å². The first kappa shape index (κ1) is 27.0. The van der Waals surface area contributed by atoms with Gasteiger partial charge in [-0.25, -0.2) is 4.39 Å². The van der Waals surface area contributed by atoms with Gasteiger partial charge in [-0.15, -0.1) is 0 Å². The number of para-hydroxylation sites is 1. The molecule has 0 aliphatic heterocycles. The Morgan fingerprint density at radius 2 is 1.93 bits per heavy atom. The molecule has 0 aromatic heterocycles. The molecule has 2 amide bonds. The number of hydrogen-bond acceptors (Lipinski definition) is 2. The van der Waals surface area contributed by atoms with Crippen LogP contribution < -0.4 is 11.1 Å². The number of nitrogens with two attached hydrogens (primary N) is 1. The lowest BCUT2D eigenvalue weighted by Gasteiger charge is -2.17. The van der Waals surface area contributed by atoms with Gasteiger partial charge in [0.2, 0.25) is 11.8 Å². The molecule has 0 fully saturated rings. The van der Waals surface area contributed by atoms with Gasteiger partial charge in [-0.05, 0) is 37.0 Å². The van der Waals surface area contributed by atoms with Crippen molar-refractivity contribution in [2.24, 2.45) is 11.7 Å². The Hall–Kier alpha value is -2.95. The Morgan fingerprint density at radius 1 is 1.27 bits per heavy atom. The number of carbonyl (C=O) groups excluding carboxylic acids is 2. The second-order valence-corrected chi connectivity index (χ2v) is 6.89. The van der Waals surface area contributed by atoms with Gasteiger partial charge in [-0.2, -0.15) is 0 Å². The summed E-state index contributed by atoms with van der Waals surface area (Å²) in [7, 11) is 0. The number of rotatable bonds is 10. The maximum absolute atomic E-state index is 14.3. The Balaban J connectivity index is 0.00000122. The molecule has 0 radical (unpaired) electrons. The summed E-state index contributed by atoms with van der Waals surface area (Å²) in [5, 5.41) is 2.73. The summed E-state index contributed by atoms with van der Waals surface area (Å²) < 4.78 is 14.3. The highest BCUT2D eigenvalue weighted by molar-refractivity contribution is 5.97. The van der Waals surface area contributed by atoms with E-state index in [-0.39, 0.29) is 23.4 Å². The van der Waals surface area contributed by atoms with Crippen molar-refractivity contribution in [2.75, 3.05) is 5.32 Å². The molecule has 0 spiro atoms. The molecular weight excluding hydrogens is 379 g/mol. The highest BCUT2D eigenvalue weighted by atomic mass is 19.1. The van der Waals surface area contributed by atoms with E-state index in [1.807, 2.05) is 39.8 Å². The Kier molecular flexibility index (Phi) is 13.5. The van der Waals surface area contributed by atoms with Crippen molar-refractivity contribution < 1.29 is 14.0 Å². The van der Waals surface area contributed by atoms with E-state index < -0.39 is 5.82 Å². The predicted molar refractivity (Wildman–Crippen MR) is 125 cm³/mol. The molecule has 1 rings (SSSR count). The average molecular weight is 415 g/mol. The van der Waals surface area contributed by atoms with Crippen LogP contribution in [0.5, 0.6) is 0 Å². The van der Waals surface area contributed by atoms with Crippen LogP contribution in [-0.2, 0) is 9.59 Å². The van der Waals surface area contributed by atoms with Gasteiger partial charge in [0.1, 0.15) is 5.82 Å². The highest BCUT2D eigenvalue weighted by Gasteiger charge is 2.18. The summed E-state index contributed by atoms with van der Waals surface area (Å²) in [6, 6.07) is 4.71. The first-order valence-corrected chi connectivity index (χ1v) is 10.3. The minimum absolute atomic E-state index is 0.172. The fourth-order valence-corrected chi connectivity index (χ4v) is 2.68. The molecule has 4 nitrogen and oxygen atoms in total. The quantitative estimate of drug-likeness (QED) is 0.449. The molecule has 0 heterocycles. The van der Waals surface area contributed by atoms with Crippen molar-refractivity contribution >= 4 is 23.1 Å². The SMILES string of the molecule is C=C/C=C(\C=C/C)C(=C)c1cccc(F)c1NC(=O)C(C)CCC.CCCC(N)=O. The summed E-state index contributed by atoms with van der Waals surface area (Å²) in [5.41, 5.74) is 6.95. The zero-order valence-corrected chi connectivity index (χ0v) is 18.6. The maximum Gasteiger partial charge on any atom is 0.227 e. The fourth-order valence-electron chi connectivity index (χ4n) is 2.68. The number of amides is 2. The van der Waals surface area contributed by atoms with Crippen molar-refractivity contribution in [1.29, 1.82) is 0 Å². The molecule has 1 unspecified atom stereocenters. The molecule has 5 heteroatoms. The molecule has 3 N–H and O–H groups in total. The summed E-state index contributed by atoms with van der Waals surface area (Å²) in [4.78, 5) is 22.1. The summed E-state index contributed by atoms with van der Waals surface area (Å²) >= 11 is 0. The zero-order chi connectivity index (χ0) is 23.1. The minimum atomic E-state index is -0.468. The van der Waals surface area contributed by atoms with Gasteiger partial charge >= 0.3 is 0 Å². The van der Waals surface area contributed by atoms with Crippen molar-refractivity contribution in [1.82, 2.24) is 0 Å². The van der Waals surface area contributed by atoms with Crippen LogP contribution in [0, 0.1) is 11.7 Å². The van der Waals surface area contributed by atoms with Crippen LogP contribution in [0.2, 0.25) is 0 Å². The van der Waals surface area contributed by atoms with Crippen LogP contribution in [0.15, 0.2) is 61.2 Å². The van der Waals surface area contributed by atoms with E-state index in [1.165, 1.54) is 6.07 Å². The zero-order valence-electron chi connectivity index (χ0n) is 18.6. The normalized spacial score (nSPS) is 12.0. The molecular formula is C25H35FN2O2. The largest absolute Gasteiger partial charge is 0.370 e. The smallest absolute Gasteiger partial charge is 0.227 e. The second kappa shape index (κ2) is 15.0. The lowest BCUT2D eigenvalue weighted by molar-refractivity contribution is -0.119. The number of anilines is 1. The van der Waals surface area contributed by atoms with Gasteiger partial charge < -0.3 is 11.1 Å². The van der Waals surface area contributed by atoms with Crippen molar-refractivity contribution in [3.63, 3.8) is 0 Å². The number of carbonyl (C=O) groups is 2. The van der Waals surface area contributed by atoms with Gasteiger partial charge in [0.05, 0.1) is 5.69 Å². The van der Waals surface area contributed by atoms with E-state index in [4.69, 9.17) is 5.73 Å². The van der Waals surface area contributed by atoms with Crippen molar-refractivity contribution in [3.05, 3.63) is 72.6 Å². The Morgan fingerprint density at radius 3 is 2.40 bits per heavy atom. The summed E-state index contributed by atoms with van der Waals surface area (Å²) in [6.45, 7) is 15.4. The van der Waals surface area contributed by atoms with Gasteiger partial charge in [0.15, 0.2) is 0 Å². The number of nitrogens with one attached hydrogen (secondary N) is 1. The topological polar surface area (TPSA) is 72.2 Å². The van der Waals surface area contributed by atoms with E-state index >= 15 is 0 Å². The van der Waals surface area contributed by atoms with Crippen LogP contribution in [0.3, 0.4) is 0 Å². The van der Waals surface area contributed by atoms with E-state index in [2.05, 4.69) is 18.5 Å². The van der Waals surface area contributed by atoms with Crippen molar-refractivity contribution in [2.45, 2.75) is 53.4 Å². The molecule has 1 atom stereocenters. The van der Waals surface area contributed by atoms with Crippen LogP contribution in [0.1, 0.15) is 58.9 Å². The number of halogens is 1. The molecule has 0 bridgehead atoms. The molecule has 1 aromatic carbocycles. The van der Waals surface area contributed by atoms with E-state index in [9.17, 15) is 14.0 Å². The number of primary amides is 1. The average Bonchev–Trinajstić information content (AvgIpc) is 2.69. The fraction of sp³-hybridized carbons (Fsp3) is 0.360. The lowest BCUT2D eigenvalue weighted by atomic mass is 9.96. The van der Waals surface area contributed by atoms with Crippen LogP contribution in [0.4, 0.5) is 10.1 Å². The lowest BCUT2D eigenvalue weighted by Crippen LogP contribution is -2.21. The van der Waals surface area contributed by atoms with E-state index in [0.29, 0.717) is 17.6 Å². The number of allylic oxidation sites excluding steroid dienone is 6. The van der Waals surface area contributed by atoms with Gasteiger partial charge in [-0.1, -0.05) is 76.8 Å². The molecule has 1 aromatic rings. The maximum atomic E-state index is 14.3. The molecule has 0 aliphatic rings. The van der Waals surface area contributed by atoms with Crippen LogP contribution in [0.25, 0.3) is 5.57 Å². The molecule has 0 aliphatic carbocycles. The number of hydrogen-bond donors (Lipinski definition) is 2. The molecule has 30 heavy (non-hydrogen) atoms. The van der Waals surface area contributed by atoms with E-state index in [0.717, 1.165) is 24.8 Å².